The highest BCUT2D eigenvalue weighted by Gasteiger charge is 2.13. The number of hydrogen-bond acceptors (Lipinski definition) is 6. The van der Waals surface area contributed by atoms with Crippen molar-refractivity contribution in [3.05, 3.63) is 42.2 Å². The van der Waals surface area contributed by atoms with Gasteiger partial charge < -0.3 is 10.5 Å². The number of urea groups is 1. The first-order valence-corrected chi connectivity index (χ1v) is 8.07. The Morgan fingerprint density at radius 2 is 2.07 bits per heavy atom. The Hall–Kier alpha value is -3.66. The van der Waals surface area contributed by atoms with Crippen molar-refractivity contribution in [2.75, 3.05) is 12.4 Å². The molecule has 0 saturated heterocycles. The van der Waals surface area contributed by atoms with Gasteiger partial charge in [0.05, 0.1) is 12.6 Å². The van der Waals surface area contributed by atoms with Crippen LogP contribution in [0.5, 0.6) is 11.6 Å². The summed E-state index contributed by atoms with van der Waals surface area (Å²) in [6.07, 6.45) is 2.11. The highest BCUT2D eigenvalue weighted by Crippen LogP contribution is 2.27. The zero-order valence-corrected chi connectivity index (χ0v) is 14.7. The number of ether oxygens (including phenoxy) is 1. The molecule has 0 aliphatic rings. The molecule has 0 saturated carbocycles. The van der Waals surface area contributed by atoms with Crippen LogP contribution < -0.4 is 21.3 Å². The van der Waals surface area contributed by atoms with Crippen LogP contribution in [0.2, 0.25) is 0 Å². The molecular weight excluding hydrogens is 352 g/mol. The van der Waals surface area contributed by atoms with Crippen LogP contribution in [0, 0.1) is 0 Å². The molecule has 0 spiro atoms. The second-order valence-electron chi connectivity index (χ2n) is 5.46. The normalized spacial score (nSPS) is 10.6. The monoisotopic (exact) mass is 370 g/mol. The third-order valence-corrected chi connectivity index (χ3v) is 3.70. The lowest BCUT2D eigenvalue weighted by atomic mass is 10.2. The molecular formula is C17H18N6O4. The summed E-state index contributed by atoms with van der Waals surface area (Å²) in [4.78, 5) is 35.6. The smallest absolute Gasteiger partial charge is 0.345 e. The number of amides is 3. The summed E-state index contributed by atoms with van der Waals surface area (Å²) in [5, 5.41) is 3.21. The van der Waals surface area contributed by atoms with Gasteiger partial charge in [-0.1, -0.05) is 6.92 Å². The van der Waals surface area contributed by atoms with Gasteiger partial charge in [0.25, 0.3) is 0 Å². The standard InChI is InChI=1S/C17H18N6O4/c1-3-11-8-10-9-12(4-5-13(10)23(11)15(18)24)27-14-6-7-19-16(20-14)21-17(25)22-26-2/h4-9H,3H2,1-2H3,(H2,18,24)(H2,19,20,21,22,25). The number of hydroxylamine groups is 1. The highest BCUT2D eigenvalue weighted by molar-refractivity contribution is 5.93. The fourth-order valence-corrected chi connectivity index (χ4v) is 2.63. The number of primary amides is 1. The molecule has 3 rings (SSSR count). The maximum Gasteiger partial charge on any atom is 0.345 e. The van der Waals surface area contributed by atoms with Gasteiger partial charge in [-0.05, 0) is 30.7 Å². The summed E-state index contributed by atoms with van der Waals surface area (Å²) in [6.45, 7) is 1.94. The van der Waals surface area contributed by atoms with Crippen LogP contribution in [0.25, 0.3) is 10.9 Å². The molecule has 1 aromatic carbocycles. The second-order valence-corrected chi connectivity index (χ2v) is 5.46. The molecule has 27 heavy (non-hydrogen) atoms. The summed E-state index contributed by atoms with van der Waals surface area (Å²) in [6, 6.07) is 7.52. The number of aromatic nitrogens is 3. The van der Waals surface area contributed by atoms with Gasteiger partial charge in [-0.2, -0.15) is 4.98 Å². The number of carbonyl (C=O) groups excluding carboxylic acids is 2. The third kappa shape index (κ3) is 3.96. The van der Waals surface area contributed by atoms with Gasteiger partial charge in [-0.3, -0.25) is 14.7 Å². The van der Waals surface area contributed by atoms with E-state index in [1.54, 1.807) is 24.3 Å². The lowest BCUT2D eigenvalue weighted by Crippen LogP contribution is -2.28. The Balaban J connectivity index is 1.85. The fourth-order valence-electron chi connectivity index (χ4n) is 2.63. The number of aryl methyl sites for hydroxylation is 1. The minimum absolute atomic E-state index is 0.0521. The van der Waals surface area contributed by atoms with Crippen molar-refractivity contribution in [2.45, 2.75) is 13.3 Å². The van der Waals surface area contributed by atoms with Crippen LogP contribution in [0.3, 0.4) is 0 Å². The van der Waals surface area contributed by atoms with Gasteiger partial charge in [0, 0.05) is 23.3 Å². The van der Waals surface area contributed by atoms with Crippen LogP contribution in [0.4, 0.5) is 15.5 Å². The van der Waals surface area contributed by atoms with Crippen LogP contribution >= 0.6 is 0 Å². The van der Waals surface area contributed by atoms with Gasteiger partial charge in [0.1, 0.15) is 5.75 Å². The largest absolute Gasteiger partial charge is 0.439 e. The van der Waals surface area contributed by atoms with E-state index >= 15 is 0 Å². The minimum Gasteiger partial charge on any atom is -0.439 e. The molecule has 2 heterocycles. The van der Waals surface area contributed by atoms with Crippen LogP contribution in [0.15, 0.2) is 36.5 Å². The number of carbonyl (C=O) groups is 2. The van der Waals surface area contributed by atoms with E-state index < -0.39 is 12.1 Å². The van der Waals surface area contributed by atoms with E-state index in [-0.39, 0.29) is 11.8 Å². The van der Waals surface area contributed by atoms with Gasteiger partial charge in [-0.15, -0.1) is 0 Å². The van der Waals surface area contributed by atoms with Crippen LogP contribution in [-0.2, 0) is 11.3 Å². The topological polar surface area (TPSA) is 133 Å². The average Bonchev–Trinajstić information content (AvgIpc) is 3.00. The second kappa shape index (κ2) is 7.70. The quantitative estimate of drug-likeness (QED) is 0.591. The first kappa shape index (κ1) is 18.1. The molecule has 3 amide bonds. The highest BCUT2D eigenvalue weighted by atomic mass is 16.6. The van der Waals surface area contributed by atoms with E-state index in [2.05, 4.69) is 25.6 Å². The number of benzene rings is 1. The minimum atomic E-state index is -0.615. The third-order valence-electron chi connectivity index (χ3n) is 3.70. The van der Waals surface area contributed by atoms with Crippen LogP contribution in [0.1, 0.15) is 12.6 Å². The number of hydrogen-bond donors (Lipinski definition) is 3. The number of fused-ring (bicyclic) bond motifs is 1. The molecule has 0 unspecified atom stereocenters. The number of anilines is 1. The molecule has 10 nitrogen and oxygen atoms in total. The van der Waals surface area contributed by atoms with E-state index in [0.29, 0.717) is 17.7 Å². The maximum atomic E-state index is 11.7. The number of nitrogens with zero attached hydrogens (tertiary/aromatic N) is 3. The number of nitrogens with one attached hydrogen (secondary N) is 2. The molecule has 3 aromatic rings. The predicted molar refractivity (Wildman–Crippen MR) is 97.6 cm³/mol. The predicted octanol–water partition coefficient (Wildman–Crippen LogP) is 2.40. The van der Waals surface area contributed by atoms with Crippen molar-refractivity contribution >= 4 is 28.9 Å². The maximum absolute atomic E-state index is 11.7. The summed E-state index contributed by atoms with van der Waals surface area (Å²) in [5.41, 5.74) is 9.08. The SMILES string of the molecule is CCc1cc2cc(Oc3ccnc(NC(=O)NOC)n3)ccc2n1C(N)=O. The molecule has 0 aliphatic heterocycles. The average molecular weight is 370 g/mol. The summed E-state index contributed by atoms with van der Waals surface area (Å²) in [7, 11) is 1.31. The zero-order chi connectivity index (χ0) is 19.4. The molecule has 140 valence electrons. The van der Waals surface area contributed by atoms with Crippen LogP contribution in [-0.4, -0.2) is 33.7 Å². The molecule has 0 radical (unpaired) electrons. The molecule has 0 aliphatic carbocycles. The van der Waals surface area contributed by atoms with E-state index in [1.807, 2.05) is 13.0 Å². The fraction of sp³-hybridized carbons (Fsp3) is 0.176. The lowest BCUT2D eigenvalue weighted by Gasteiger charge is -2.08. The number of nitrogens with two attached hydrogens (primary N) is 1. The van der Waals surface area contributed by atoms with Crippen molar-refractivity contribution in [3.63, 3.8) is 0 Å². The van der Waals surface area contributed by atoms with Gasteiger partial charge >= 0.3 is 12.1 Å². The first-order chi connectivity index (χ1) is 13.0. The van der Waals surface area contributed by atoms with Crippen molar-refractivity contribution in [3.8, 4) is 11.6 Å². The van der Waals surface area contributed by atoms with E-state index in [0.717, 1.165) is 11.1 Å². The molecule has 0 bridgehead atoms. The summed E-state index contributed by atoms with van der Waals surface area (Å²) in [5.74, 6) is 0.802. The van der Waals surface area contributed by atoms with E-state index in [9.17, 15) is 9.59 Å². The van der Waals surface area contributed by atoms with Crippen molar-refractivity contribution < 1.29 is 19.2 Å². The summed E-state index contributed by atoms with van der Waals surface area (Å²) < 4.78 is 7.20. The van der Waals surface area contributed by atoms with Gasteiger partial charge in [0.15, 0.2) is 0 Å². The first-order valence-electron chi connectivity index (χ1n) is 8.07. The van der Waals surface area contributed by atoms with E-state index in [4.69, 9.17) is 10.5 Å². The molecule has 10 heteroatoms. The molecule has 0 fully saturated rings. The van der Waals surface area contributed by atoms with Crippen molar-refractivity contribution in [1.29, 1.82) is 0 Å². The van der Waals surface area contributed by atoms with Crippen molar-refractivity contribution in [2.24, 2.45) is 5.73 Å². The number of rotatable bonds is 5. The summed E-state index contributed by atoms with van der Waals surface area (Å²) >= 11 is 0. The van der Waals surface area contributed by atoms with Gasteiger partial charge in [0.2, 0.25) is 11.8 Å². The molecule has 2 aromatic heterocycles. The lowest BCUT2D eigenvalue weighted by molar-refractivity contribution is 0.114. The Bertz CT molecular complexity index is 1000. The van der Waals surface area contributed by atoms with Gasteiger partial charge in [-0.25, -0.2) is 20.1 Å². The Morgan fingerprint density at radius 3 is 2.78 bits per heavy atom. The Kier molecular flexibility index (Phi) is 5.18. The zero-order valence-electron chi connectivity index (χ0n) is 14.7. The molecule has 4 N–H and O–H groups in total. The Morgan fingerprint density at radius 1 is 1.26 bits per heavy atom. The molecule has 0 atom stereocenters. The Labute approximate surface area is 154 Å². The van der Waals surface area contributed by atoms with E-state index in [1.165, 1.54) is 17.9 Å². The van der Waals surface area contributed by atoms with Crippen molar-refractivity contribution in [1.82, 2.24) is 20.0 Å².